The van der Waals surface area contributed by atoms with Gasteiger partial charge in [0.2, 0.25) is 0 Å². The normalized spacial score (nSPS) is 22.8. The maximum Gasteiger partial charge on any atom is 0.314 e. The van der Waals surface area contributed by atoms with Crippen molar-refractivity contribution in [3.05, 3.63) is 35.6 Å². The van der Waals surface area contributed by atoms with Crippen LogP contribution >= 0.6 is 11.8 Å². The second-order valence-electron chi connectivity index (χ2n) is 5.50. The van der Waals surface area contributed by atoms with Crippen LogP contribution < -0.4 is 10.6 Å². The molecule has 0 aliphatic carbocycles. The first-order chi connectivity index (χ1) is 10.0. The van der Waals surface area contributed by atoms with E-state index in [1.807, 2.05) is 11.8 Å². The van der Waals surface area contributed by atoms with E-state index in [9.17, 15) is 14.3 Å². The maximum absolute atomic E-state index is 13.5. The molecule has 1 aromatic rings. The Labute approximate surface area is 128 Å². The third-order valence-electron chi connectivity index (χ3n) is 3.64. The molecule has 6 heteroatoms. The van der Waals surface area contributed by atoms with Gasteiger partial charge in [0, 0.05) is 23.4 Å². The Kier molecular flexibility index (Phi) is 5.47. The maximum atomic E-state index is 13.5. The first-order valence-electron chi connectivity index (χ1n) is 7.08. The van der Waals surface area contributed by atoms with E-state index in [1.54, 1.807) is 12.1 Å². The standard InChI is InChI=1S/C15H21FN2O2S/c1-15(7-4-8-21-15)10-18-14(20)17-9-13(19)11-5-2-3-6-12(11)16/h2-3,5-6,13,19H,4,7-10H2,1H3,(H2,17,18,20). The molecule has 0 spiro atoms. The van der Waals surface area contributed by atoms with Gasteiger partial charge < -0.3 is 15.7 Å². The van der Waals surface area contributed by atoms with Crippen molar-refractivity contribution < 1.29 is 14.3 Å². The zero-order chi connectivity index (χ0) is 15.3. The molecule has 1 heterocycles. The lowest BCUT2D eigenvalue weighted by atomic mass is 10.1. The minimum atomic E-state index is -1.05. The zero-order valence-electron chi connectivity index (χ0n) is 12.1. The van der Waals surface area contributed by atoms with Crippen molar-refractivity contribution in [2.24, 2.45) is 0 Å². The SMILES string of the molecule is CC1(CNC(=O)NCC(O)c2ccccc2F)CCCS1. The summed E-state index contributed by atoms with van der Waals surface area (Å²) in [5, 5.41) is 15.3. The lowest BCUT2D eigenvalue weighted by Gasteiger charge is -2.23. The molecule has 2 unspecified atom stereocenters. The Morgan fingerprint density at radius 3 is 2.90 bits per heavy atom. The average Bonchev–Trinajstić information content (AvgIpc) is 2.90. The van der Waals surface area contributed by atoms with Crippen molar-refractivity contribution in [2.75, 3.05) is 18.8 Å². The van der Waals surface area contributed by atoms with Gasteiger partial charge in [-0.3, -0.25) is 0 Å². The lowest BCUT2D eigenvalue weighted by molar-refractivity contribution is 0.169. The number of hydrogen-bond acceptors (Lipinski definition) is 3. The van der Waals surface area contributed by atoms with Gasteiger partial charge in [-0.05, 0) is 31.6 Å². The molecule has 1 fully saturated rings. The number of urea groups is 1. The number of halogens is 1. The van der Waals surface area contributed by atoms with E-state index in [1.165, 1.54) is 18.6 Å². The van der Waals surface area contributed by atoms with Gasteiger partial charge in [0.05, 0.1) is 6.10 Å². The smallest absolute Gasteiger partial charge is 0.314 e. The predicted molar refractivity (Wildman–Crippen MR) is 82.9 cm³/mol. The zero-order valence-corrected chi connectivity index (χ0v) is 12.9. The molecular formula is C15H21FN2O2S. The van der Waals surface area contributed by atoms with Crippen molar-refractivity contribution in [3.8, 4) is 0 Å². The van der Waals surface area contributed by atoms with Gasteiger partial charge in [-0.25, -0.2) is 9.18 Å². The first-order valence-corrected chi connectivity index (χ1v) is 8.07. The van der Waals surface area contributed by atoms with Gasteiger partial charge in [-0.2, -0.15) is 11.8 Å². The second-order valence-corrected chi connectivity index (χ2v) is 7.19. The third kappa shape index (κ3) is 4.61. The van der Waals surface area contributed by atoms with Crippen LogP contribution in [0.25, 0.3) is 0 Å². The van der Waals surface area contributed by atoms with Crippen molar-refractivity contribution in [3.63, 3.8) is 0 Å². The van der Waals surface area contributed by atoms with Crippen LogP contribution in [0.15, 0.2) is 24.3 Å². The van der Waals surface area contributed by atoms with Crippen LogP contribution in [0.4, 0.5) is 9.18 Å². The summed E-state index contributed by atoms with van der Waals surface area (Å²) in [6, 6.07) is 5.68. The van der Waals surface area contributed by atoms with Crippen LogP contribution in [-0.4, -0.2) is 34.7 Å². The highest BCUT2D eigenvalue weighted by molar-refractivity contribution is 8.00. The van der Waals surface area contributed by atoms with Gasteiger partial charge >= 0.3 is 6.03 Å². The number of carbonyl (C=O) groups excluding carboxylic acids is 1. The molecule has 1 saturated heterocycles. The molecule has 3 N–H and O–H groups in total. The van der Waals surface area contributed by atoms with Gasteiger partial charge in [0.25, 0.3) is 0 Å². The van der Waals surface area contributed by atoms with E-state index >= 15 is 0 Å². The highest BCUT2D eigenvalue weighted by Crippen LogP contribution is 2.36. The van der Waals surface area contributed by atoms with Gasteiger partial charge in [-0.1, -0.05) is 18.2 Å². The number of aliphatic hydroxyl groups is 1. The summed E-state index contributed by atoms with van der Waals surface area (Å²) >= 11 is 1.87. The van der Waals surface area contributed by atoms with Crippen LogP contribution in [0, 0.1) is 5.82 Å². The third-order valence-corrected chi connectivity index (χ3v) is 5.18. The molecule has 1 aliphatic heterocycles. The number of amides is 2. The highest BCUT2D eigenvalue weighted by atomic mass is 32.2. The van der Waals surface area contributed by atoms with Crippen LogP contribution in [0.5, 0.6) is 0 Å². The fourth-order valence-electron chi connectivity index (χ4n) is 2.35. The number of thioether (sulfide) groups is 1. The van der Waals surface area contributed by atoms with Crippen molar-refractivity contribution in [1.82, 2.24) is 10.6 Å². The number of nitrogens with one attached hydrogen (secondary N) is 2. The summed E-state index contributed by atoms with van der Waals surface area (Å²) in [4.78, 5) is 11.7. The summed E-state index contributed by atoms with van der Waals surface area (Å²) in [6.45, 7) is 2.72. The molecule has 0 radical (unpaired) electrons. The molecule has 0 saturated carbocycles. The van der Waals surface area contributed by atoms with Crippen molar-refractivity contribution in [1.29, 1.82) is 0 Å². The summed E-state index contributed by atoms with van der Waals surface area (Å²) in [6.07, 6.45) is 1.22. The van der Waals surface area contributed by atoms with Gasteiger partial charge in [0.15, 0.2) is 0 Å². The molecule has 2 rings (SSSR count). The van der Waals surface area contributed by atoms with E-state index in [2.05, 4.69) is 17.6 Å². The van der Waals surface area contributed by atoms with E-state index in [0.29, 0.717) is 6.54 Å². The number of hydrogen-bond donors (Lipinski definition) is 3. The first kappa shape index (κ1) is 16.1. The molecule has 1 aliphatic rings. The molecule has 0 aromatic heterocycles. The molecular weight excluding hydrogens is 291 g/mol. The Hall–Kier alpha value is -1.27. The van der Waals surface area contributed by atoms with Crippen LogP contribution in [0.1, 0.15) is 31.4 Å². The predicted octanol–water partition coefficient (Wildman–Crippen LogP) is 2.44. The fraction of sp³-hybridized carbons (Fsp3) is 0.533. The van der Waals surface area contributed by atoms with E-state index in [0.717, 1.165) is 12.2 Å². The summed E-state index contributed by atoms with van der Waals surface area (Å²) < 4.78 is 13.6. The molecule has 2 atom stereocenters. The topological polar surface area (TPSA) is 61.4 Å². The Morgan fingerprint density at radius 1 is 1.48 bits per heavy atom. The molecule has 2 amide bonds. The van der Waals surface area contributed by atoms with Crippen molar-refractivity contribution in [2.45, 2.75) is 30.6 Å². The number of carbonyl (C=O) groups is 1. The fourth-order valence-corrected chi connectivity index (χ4v) is 3.60. The van der Waals surface area contributed by atoms with E-state index in [4.69, 9.17) is 0 Å². The van der Waals surface area contributed by atoms with Crippen LogP contribution in [0.3, 0.4) is 0 Å². The quantitative estimate of drug-likeness (QED) is 0.782. The molecule has 116 valence electrons. The molecule has 1 aromatic carbocycles. The summed E-state index contributed by atoms with van der Waals surface area (Å²) in [7, 11) is 0. The average molecular weight is 312 g/mol. The minimum Gasteiger partial charge on any atom is -0.386 e. The minimum absolute atomic E-state index is 0.0172. The van der Waals surface area contributed by atoms with Crippen LogP contribution in [0.2, 0.25) is 0 Å². The van der Waals surface area contributed by atoms with Gasteiger partial charge in [-0.15, -0.1) is 0 Å². The summed E-state index contributed by atoms with van der Waals surface area (Å²) in [5.41, 5.74) is 0.191. The molecule has 21 heavy (non-hydrogen) atoms. The number of rotatable bonds is 5. The van der Waals surface area contributed by atoms with E-state index < -0.39 is 11.9 Å². The number of aliphatic hydroxyl groups excluding tert-OH is 1. The molecule has 4 nitrogen and oxygen atoms in total. The Morgan fingerprint density at radius 2 is 2.24 bits per heavy atom. The number of benzene rings is 1. The Balaban J connectivity index is 1.75. The highest BCUT2D eigenvalue weighted by Gasteiger charge is 2.29. The largest absolute Gasteiger partial charge is 0.386 e. The molecule has 0 bridgehead atoms. The van der Waals surface area contributed by atoms with Crippen LogP contribution in [-0.2, 0) is 0 Å². The monoisotopic (exact) mass is 312 g/mol. The summed E-state index contributed by atoms with van der Waals surface area (Å²) in [5.74, 6) is 0.660. The second kappa shape index (κ2) is 7.13. The van der Waals surface area contributed by atoms with Gasteiger partial charge in [0.1, 0.15) is 5.82 Å². The van der Waals surface area contributed by atoms with Crippen molar-refractivity contribution >= 4 is 17.8 Å². The Bertz CT molecular complexity index is 492. The van der Waals surface area contributed by atoms with E-state index in [-0.39, 0.29) is 22.9 Å². The lowest BCUT2D eigenvalue weighted by Crippen LogP contribution is -2.43.